The number of methoxy groups -OCH3 is 1. The van der Waals surface area contributed by atoms with Gasteiger partial charge in [-0.05, 0) is 12.1 Å². The van der Waals surface area contributed by atoms with E-state index in [1.807, 2.05) is 24.3 Å². The number of rotatable bonds is 7. The molecule has 120 valence electrons. The van der Waals surface area contributed by atoms with Crippen molar-refractivity contribution in [3.8, 4) is 0 Å². The zero-order chi connectivity index (χ0) is 16.1. The number of thioether (sulfide) groups is 1. The molecule has 3 rings (SSSR count). The third kappa shape index (κ3) is 4.32. The van der Waals surface area contributed by atoms with E-state index in [1.54, 1.807) is 18.9 Å². The Morgan fingerprint density at radius 3 is 3.04 bits per heavy atom. The first-order valence-electron chi connectivity index (χ1n) is 6.99. The van der Waals surface area contributed by atoms with Gasteiger partial charge < -0.3 is 10.1 Å². The van der Waals surface area contributed by atoms with Gasteiger partial charge in [-0.2, -0.15) is 0 Å². The lowest BCUT2D eigenvalue weighted by molar-refractivity contribution is 0.211. The van der Waals surface area contributed by atoms with Crippen molar-refractivity contribution in [2.45, 2.75) is 10.1 Å². The molecule has 23 heavy (non-hydrogen) atoms. The highest BCUT2D eigenvalue weighted by Crippen LogP contribution is 2.31. The van der Waals surface area contributed by atoms with Crippen molar-refractivity contribution in [1.29, 1.82) is 0 Å². The number of hydrogen-bond acceptors (Lipinski definition) is 7. The minimum atomic E-state index is 0.541. The molecule has 0 aliphatic carbocycles. The van der Waals surface area contributed by atoms with Crippen LogP contribution in [0.4, 0.5) is 5.13 Å². The molecule has 5 nitrogen and oxygen atoms in total. The van der Waals surface area contributed by atoms with E-state index < -0.39 is 0 Å². The molecule has 0 atom stereocenters. The summed E-state index contributed by atoms with van der Waals surface area (Å²) >= 11 is 9.40. The van der Waals surface area contributed by atoms with Crippen LogP contribution in [0, 0.1) is 0 Å². The third-order valence-corrected chi connectivity index (χ3v) is 5.48. The van der Waals surface area contributed by atoms with Crippen molar-refractivity contribution in [2.75, 3.05) is 25.6 Å². The van der Waals surface area contributed by atoms with E-state index in [0.29, 0.717) is 17.5 Å². The second-order valence-corrected chi connectivity index (χ2v) is 7.27. The lowest BCUT2D eigenvalue weighted by Gasteiger charge is -2.04. The lowest BCUT2D eigenvalue weighted by Crippen LogP contribution is -2.06. The Kier molecular flexibility index (Phi) is 5.66. The first-order chi connectivity index (χ1) is 11.3. The van der Waals surface area contributed by atoms with Crippen LogP contribution in [0.25, 0.3) is 10.9 Å². The number of benzene rings is 1. The van der Waals surface area contributed by atoms with E-state index in [1.165, 1.54) is 11.3 Å². The number of nitrogens with one attached hydrogen (secondary N) is 1. The lowest BCUT2D eigenvalue weighted by atomic mass is 10.2. The number of halogens is 1. The summed E-state index contributed by atoms with van der Waals surface area (Å²) in [6.07, 6.45) is 0. The molecule has 0 aliphatic heterocycles. The Bertz CT molecular complexity index is 796. The van der Waals surface area contributed by atoms with Gasteiger partial charge in [0.15, 0.2) is 4.34 Å². The van der Waals surface area contributed by atoms with Gasteiger partial charge in [0.2, 0.25) is 5.13 Å². The minimum absolute atomic E-state index is 0.541. The fraction of sp³-hybridized carbons (Fsp3) is 0.267. The average molecular weight is 367 g/mol. The molecule has 1 aromatic carbocycles. The summed E-state index contributed by atoms with van der Waals surface area (Å²) in [5.74, 6) is 0.712. The van der Waals surface area contributed by atoms with Gasteiger partial charge in [-0.25, -0.2) is 4.98 Å². The Balaban J connectivity index is 1.65. The summed E-state index contributed by atoms with van der Waals surface area (Å²) in [7, 11) is 1.67. The number of para-hydroxylation sites is 1. The molecule has 1 N–H and O–H groups in total. The van der Waals surface area contributed by atoms with Gasteiger partial charge in [0.1, 0.15) is 5.15 Å². The molecule has 0 fully saturated rings. The summed E-state index contributed by atoms with van der Waals surface area (Å²) in [6.45, 7) is 1.36. The van der Waals surface area contributed by atoms with E-state index in [9.17, 15) is 0 Å². The number of hydrogen-bond donors (Lipinski definition) is 1. The molecule has 0 radical (unpaired) electrons. The fourth-order valence-electron chi connectivity index (χ4n) is 1.98. The smallest absolute Gasteiger partial charge is 0.206 e. The molecule has 0 saturated heterocycles. The van der Waals surface area contributed by atoms with Gasteiger partial charge >= 0.3 is 0 Å². The zero-order valence-corrected chi connectivity index (χ0v) is 14.8. The summed E-state index contributed by atoms with van der Waals surface area (Å²) < 4.78 is 5.89. The van der Waals surface area contributed by atoms with Gasteiger partial charge in [-0.15, -0.1) is 10.2 Å². The highest BCUT2D eigenvalue weighted by atomic mass is 35.5. The number of aromatic nitrogens is 3. The van der Waals surface area contributed by atoms with Crippen molar-refractivity contribution >= 4 is 50.7 Å². The molecule has 0 bridgehead atoms. The predicted octanol–water partition coefficient (Wildman–Crippen LogP) is 4.09. The van der Waals surface area contributed by atoms with Crippen molar-refractivity contribution in [3.05, 3.63) is 41.0 Å². The molecule has 8 heteroatoms. The van der Waals surface area contributed by atoms with Crippen LogP contribution in [0.1, 0.15) is 5.56 Å². The SMILES string of the molecule is COCCNc1nnc(SCc2cc3ccccc3nc2Cl)s1. The number of anilines is 1. The van der Waals surface area contributed by atoms with Crippen LogP contribution in [-0.4, -0.2) is 35.4 Å². The van der Waals surface area contributed by atoms with Crippen LogP contribution in [-0.2, 0) is 10.5 Å². The maximum Gasteiger partial charge on any atom is 0.206 e. The predicted molar refractivity (Wildman–Crippen MR) is 96.6 cm³/mol. The molecule has 0 spiro atoms. The first-order valence-corrected chi connectivity index (χ1v) is 9.17. The molecular weight excluding hydrogens is 352 g/mol. The van der Waals surface area contributed by atoms with E-state index in [-0.39, 0.29) is 0 Å². The summed E-state index contributed by atoms with van der Waals surface area (Å²) in [5, 5.41) is 13.9. The van der Waals surface area contributed by atoms with E-state index in [2.05, 4.69) is 26.6 Å². The van der Waals surface area contributed by atoms with Crippen LogP contribution in [0.15, 0.2) is 34.7 Å². The highest BCUT2D eigenvalue weighted by Gasteiger charge is 2.09. The Morgan fingerprint density at radius 1 is 1.30 bits per heavy atom. The fourth-order valence-corrected chi connectivity index (χ4v) is 4.02. The van der Waals surface area contributed by atoms with Crippen molar-refractivity contribution in [2.24, 2.45) is 0 Å². The van der Waals surface area contributed by atoms with Gasteiger partial charge in [0.05, 0.1) is 12.1 Å². The molecule has 0 unspecified atom stereocenters. The zero-order valence-electron chi connectivity index (χ0n) is 12.5. The topological polar surface area (TPSA) is 59.9 Å². The van der Waals surface area contributed by atoms with Gasteiger partial charge in [0, 0.05) is 30.4 Å². The van der Waals surface area contributed by atoms with Crippen molar-refractivity contribution in [1.82, 2.24) is 15.2 Å². The largest absolute Gasteiger partial charge is 0.383 e. The Morgan fingerprint density at radius 2 is 2.17 bits per heavy atom. The Labute approximate surface area is 147 Å². The number of ether oxygens (including phenoxy) is 1. The number of fused-ring (bicyclic) bond motifs is 1. The van der Waals surface area contributed by atoms with Crippen molar-refractivity contribution in [3.63, 3.8) is 0 Å². The van der Waals surface area contributed by atoms with Gasteiger partial charge in [0.25, 0.3) is 0 Å². The van der Waals surface area contributed by atoms with E-state index >= 15 is 0 Å². The Hall–Kier alpha value is -1.41. The molecule has 2 heterocycles. The van der Waals surface area contributed by atoms with Crippen LogP contribution in [0.2, 0.25) is 5.15 Å². The normalized spacial score (nSPS) is 11.0. The molecule has 0 aliphatic rings. The van der Waals surface area contributed by atoms with Gasteiger partial charge in [-0.3, -0.25) is 0 Å². The van der Waals surface area contributed by atoms with Crippen molar-refractivity contribution < 1.29 is 4.74 Å². The summed E-state index contributed by atoms with van der Waals surface area (Å²) in [5.41, 5.74) is 1.91. The first kappa shape index (κ1) is 16.4. The molecular formula is C15H15ClN4OS2. The van der Waals surface area contributed by atoms with E-state index in [4.69, 9.17) is 16.3 Å². The average Bonchev–Trinajstić information content (AvgIpc) is 3.01. The maximum absolute atomic E-state index is 6.28. The second-order valence-electron chi connectivity index (χ2n) is 4.71. The third-order valence-electron chi connectivity index (χ3n) is 3.09. The quantitative estimate of drug-likeness (QED) is 0.386. The van der Waals surface area contributed by atoms with E-state index in [0.717, 1.165) is 32.5 Å². The molecule has 3 aromatic rings. The molecule has 0 saturated carbocycles. The summed E-state index contributed by atoms with van der Waals surface area (Å²) in [6, 6.07) is 10.0. The highest BCUT2D eigenvalue weighted by molar-refractivity contribution is 8.00. The standard InChI is InChI=1S/C15H15ClN4OS2/c1-21-7-6-17-14-19-20-15(23-14)22-9-11-8-10-4-2-3-5-12(10)18-13(11)16/h2-5,8H,6-7,9H2,1H3,(H,17,19). The van der Waals surface area contributed by atoms with Crippen LogP contribution in [0.5, 0.6) is 0 Å². The number of nitrogens with zero attached hydrogens (tertiary/aromatic N) is 3. The minimum Gasteiger partial charge on any atom is -0.383 e. The van der Waals surface area contributed by atoms with Gasteiger partial charge in [-0.1, -0.05) is 52.9 Å². The van der Waals surface area contributed by atoms with Crippen LogP contribution in [0.3, 0.4) is 0 Å². The number of pyridine rings is 1. The maximum atomic E-state index is 6.28. The molecule has 0 amide bonds. The monoisotopic (exact) mass is 366 g/mol. The molecule has 2 aromatic heterocycles. The second kappa shape index (κ2) is 7.92. The van der Waals surface area contributed by atoms with Crippen LogP contribution < -0.4 is 5.32 Å². The van der Waals surface area contributed by atoms with Crippen LogP contribution >= 0.6 is 34.7 Å². The summed E-state index contributed by atoms with van der Waals surface area (Å²) in [4.78, 5) is 4.44.